The fourth-order valence-electron chi connectivity index (χ4n) is 1.96. The first-order valence-corrected chi connectivity index (χ1v) is 7.78. The predicted octanol–water partition coefficient (Wildman–Crippen LogP) is 4.15. The minimum atomic E-state index is 0.00181. The Morgan fingerprint density at radius 2 is 2.26 bits per heavy atom. The van der Waals surface area contributed by atoms with Crippen LogP contribution in [0, 0.1) is 5.92 Å². The summed E-state index contributed by atoms with van der Waals surface area (Å²) in [7, 11) is 0. The summed E-state index contributed by atoms with van der Waals surface area (Å²) in [5.74, 6) is 0.590. The van der Waals surface area contributed by atoms with Gasteiger partial charge in [0.15, 0.2) is 0 Å². The molecule has 0 N–H and O–H groups in total. The normalized spacial score (nSPS) is 14.8. The van der Waals surface area contributed by atoms with E-state index in [4.69, 9.17) is 11.6 Å². The Bertz CT molecular complexity index is 475. The molecule has 0 spiro atoms. The maximum atomic E-state index is 12.6. The molecule has 0 atom stereocenters. The van der Waals surface area contributed by atoms with Gasteiger partial charge in [-0.15, -0.1) is 0 Å². The molecule has 0 unspecified atom stereocenters. The zero-order valence-electron chi connectivity index (χ0n) is 11.2. The van der Waals surface area contributed by atoms with E-state index >= 15 is 0 Å². The minimum absolute atomic E-state index is 0.00181. The Labute approximate surface area is 127 Å². The van der Waals surface area contributed by atoms with Crippen LogP contribution in [0.4, 0.5) is 0 Å². The third-order valence-corrected chi connectivity index (χ3v) is 3.97. The van der Waals surface area contributed by atoms with E-state index in [0.29, 0.717) is 17.5 Å². The van der Waals surface area contributed by atoms with Gasteiger partial charge in [0.25, 0.3) is 5.91 Å². The molecule has 0 aromatic carbocycles. The topological polar surface area (TPSA) is 33.2 Å². The van der Waals surface area contributed by atoms with Crippen molar-refractivity contribution in [2.75, 3.05) is 6.54 Å². The fraction of sp³-hybridized carbons (Fsp3) is 0.571. The van der Waals surface area contributed by atoms with Crippen LogP contribution in [0.25, 0.3) is 0 Å². The molecule has 1 aromatic rings. The molecule has 1 fully saturated rings. The second-order valence-electron chi connectivity index (χ2n) is 5.40. The highest BCUT2D eigenvalue weighted by Gasteiger charge is 2.33. The number of halogens is 2. The number of rotatable bonds is 5. The highest BCUT2D eigenvalue weighted by molar-refractivity contribution is 9.10. The van der Waals surface area contributed by atoms with Crippen LogP contribution in [0.2, 0.25) is 5.15 Å². The van der Waals surface area contributed by atoms with E-state index in [0.717, 1.165) is 30.3 Å². The molecule has 0 saturated heterocycles. The van der Waals surface area contributed by atoms with Crippen LogP contribution in [0.5, 0.6) is 0 Å². The van der Waals surface area contributed by atoms with Gasteiger partial charge in [0.1, 0.15) is 5.15 Å². The zero-order valence-corrected chi connectivity index (χ0v) is 13.5. The summed E-state index contributed by atoms with van der Waals surface area (Å²) in [6.45, 7) is 5.14. The molecule has 19 heavy (non-hydrogen) atoms. The molecule has 1 aliphatic carbocycles. The molecule has 0 bridgehead atoms. The molecule has 3 nitrogen and oxygen atoms in total. The molecule has 1 heterocycles. The van der Waals surface area contributed by atoms with Gasteiger partial charge in [-0.2, -0.15) is 0 Å². The number of pyridine rings is 1. The number of aromatic nitrogens is 1. The summed E-state index contributed by atoms with van der Waals surface area (Å²) in [5.41, 5.74) is 0.492. The molecule has 1 amide bonds. The molecule has 104 valence electrons. The average Bonchev–Trinajstić information content (AvgIpc) is 3.16. The standard InChI is InChI=1S/C14H18BrClN2O/c1-9(2)5-6-18(11-3-4-11)14(19)12-7-10(15)8-17-13(12)16/h7-9,11H,3-6H2,1-2H3. The lowest BCUT2D eigenvalue weighted by Gasteiger charge is -2.23. The van der Waals surface area contributed by atoms with Crippen LogP contribution in [0.1, 0.15) is 43.5 Å². The fourth-order valence-corrected chi connectivity index (χ4v) is 2.48. The quantitative estimate of drug-likeness (QED) is 0.751. The van der Waals surface area contributed by atoms with Gasteiger partial charge >= 0.3 is 0 Å². The second kappa shape index (κ2) is 6.23. The smallest absolute Gasteiger partial charge is 0.257 e. The van der Waals surface area contributed by atoms with Gasteiger partial charge in [-0.1, -0.05) is 25.4 Å². The van der Waals surface area contributed by atoms with Crippen LogP contribution in [-0.4, -0.2) is 28.4 Å². The largest absolute Gasteiger partial charge is 0.336 e. The molecule has 0 aliphatic heterocycles. The van der Waals surface area contributed by atoms with Crippen molar-refractivity contribution in [3.8, 4) is 0 Å². The summed E-state index contributed by atoms with van der Waals surface area (Å²) in [6.07, 6.45) is 4.82. The van der Waals surface area contributed by atoms with Gasteiger partial charge in [-0.05, 0) is 47.2 Å². The first-order valence-electron chi connectivity index (χ1n) is 6.61. The summed E-state index contributed by atoms with van der Waals surface area (Å²) in [5, 5.41) is 0.281. The van der Waals surface area contributed by atoms with E-state index in [9.17, 15) is 4.79 Å². The lowest BCUT2D eigenvalue weighted by molar-refractivity contribution is 0.0735. The molecule has 1 aromatic heterocycles. The van der Waals surface area contributed by atoms with Crippen LogP contribution in [0.15, 0.2) is 16.7 Å². The van der Waals surface area contributed by atoms with Crippen LogP contribution >= 0.6 is 27.5 Å². The SMILES string of the molecule is CC(C)CCN(C(=O)c1cc(Br)cnc1Cl)C1CC1. The second-order valence-corrected chi connectivity index (χ2v) is 6.68. The van der Waals surface area contributed by atoms with Gasteiger partial charge in [0.2, 0.25) is 0 Å². The highest BCUT2D eigenvalue weighted by Crippen LogP contribution is 2.30. The van der Waals surface area contributed by atoms with Gasteiger partial charge in [0, 0.05) is 23.3 Å². The lowest BCUT2D eigenvalue weighted by Crippen LogP contribution is -2.34. The molecule has 0 radical (unpaired) electrons. The molecule has 1 saturated carbocycles. The Balaban J connectivity index is 2.16. The maximum Gasteiger partial charge on any atom is 0.257 e. The molecule has 2 rings (SSSR count). The third kappa shape index (κ3) is 3.93. The van der Waals surface area contributed by atoms with Crippen molar-refractivity contribution in [3.05, 3.63) is 27.5 Å². The Kier molecular flexibility index (Phi) is 4.85. The number of carbonyl (C=O) groups is 1. The van der Waals surface area contributed by atoms with Crippen molar-refractivity contribution in [2.45, 2.75) is 39.2 Å². The van der Waals surface area contributed by atoms with Crippen molar-refractivity contribution in [1.29, 1.82) is 0 Å². The summed E-state index contributed by atoms with van der Waals surface area (Å²) in [4.78, 5) is 18.6. The van der Waals surface area contributed by atoms with Crippen molar-refractivity contribution < 1.29 is 4.79 Å². The molecular formula is C14H18BrClN2O. The monoisotopic (exact) mass is 344 g/mol. The summed E-state index contributed by atoms with van der Waals surface area (Å²) < 4.78 is 0.778. The van der Waals surface area contributed by atoms with E-state index in [-0.39, 0.29) is 11.1 Å². The molecule has 1 aliphatic rings. The van der Waals surface area contributed by atoms with Crippen molar-refractivity contribution in [3.63, 3.8) is 0 Å². The number of amides is 1. The Morgan fingerprint density at radius 1 is 1.58 bits per heavy atom. The van der Waals surface area contributed by atoms with Crippen LogP contribution < -0.4 is 0 Å². The third-order valence-electron chi connectivity index (χ3n) is 3.23. The van der Waals surface area contributed by atoms with Gasteiger partial charge in [0.05, 0.1) is 5.56 Å². The Morgan fingerprint density at radius 3 is 2.84 bits per heavy atom. The number of carbonyl (C=O) groups excluding carboxylic acids is 1. The average molecular weight is 346 g/mol. The zero-order chi connectivity index (χ0) is 14.0. The van der Waals surface area contributed by atoms with Crippen molar-refractivity contribution in [2.24, 2.45) is 5.92 Å². The van der Waals surface area contributed by atoms with E-state index in [2.05, 4.69) is 34.8 Å². The van der Waals surface area contributed by atoms with E-state index in [1.54, 1.807) is 12.3 Å². The number of hydrogen-bond acceptors (Lipinski definition) is 2. The first-order chi connectivity index (χ1) is 8.99. The minimum Gasteiger partial charge on any atom is -0.336 e. The number of hydrogen-bond donors (Lipinski definition) is 0. The molecule has 5 heteroatoms. The number of nitrogens with zero attached hydrogens (tertiary/aromatic N) is 2. The van der Waals surface area contributed by atoms with Crippen molar-refractivity contribution in [1.82, 2.24) is 9.88 Å². The van der Waals surface area contributed by atoms with E-state index in [1.165, 1.54) is 0 Å². The maximum absolute atomic E-state index is 12.6. The van der Waals surface area contributed by atoms with Gasteiger partial charge in [-0.25, -0.2) is 4.98 Å². The van der Waals surface area contributed by atoms with Crippen LogP contribution in [-0.2, 0) is 0 Å². The summed E-state index contributed by atoms with van der Waals surface area (Å²) >= 11 is 9.38. The van der Waals surface area contributed by atoms with Crippen molar-refractivity contribution >= 4 is 33.4 Å². The van der Waals surface area contributed by atoms with E-state index < -0.39 is 0 Å². The predicted molar refractivity (Wildman–Crippen MR) is 80.5 cm³/mol. The van der Waals surface area contributed by atoms with E-state index in [1.807, 2.05) is 4.90 Å². The van der Waals surface area contributed by atoms with Gasteiger partial charge in [-0.3, -0.25) is 4.79 Å². The first kappa shape index (κ1) is 14.8. The molecular weight excluding hydrogens is 328 g/mol. The van der Waals surface area contributed by atoms with Crippen LogP contribution in [0.3, 0.4) is 0 Å². The summed E-state index contributed by atoms with van der Waals surface area (Å²) in [6, 6.07) is 2.14. The Hall–Kier alpha value is -0.610. The van der Waals surface area contributed by atoms with Gasteiger partial charge < -0.3 is 4.90 Å². The highest BCUT2D eigenvalue weighted by atomic mass is 79.9. The lowest BCUT2D eigenvalue weighted by atomic mass is 10.1.